The molecule has 1 fully saturated rings. The molecular formula is C21H23BrClN5O2S. The molecule has 0 saturated carbocycles. The lowest BCUT2D eigenvalue weighted by Crippen LogP contribution is -2.28. The minimum Gasteiger partial charge on any atom is -0.326 e. The molecule has 0 bridgehead atoms. The Hall–Kier alpha value is -1.78. The number of likely N-dealkylation sites (tertiary alicyclic amines) is 1. The fourth-order valence-electron chi connectivity index (χ4n) is 3.71. The molecule has 2 heterocycles. The molecule has 3 N–H and O–H groups in total. The number of nitrogens with zero attached hydrogens (tertiary/aromatic N) is 3. The quantitative estimate of drug-likeness (QED) is 0.514. The lowest BCUT2D eigenvalue weighted by Gasteiger charge is -2.17. The molecule has 164 valence electrons. The molecular weight excluding hydrogens is 502 g/mol. The van der Waals surface area contributed by atoms with Crippen molar-refractivity contribution in [3.8, 4) is 0 Å². The third-order valence-electron chi connectivity index (χ3n) is 5.32. The van der Waals surface area contributed by atoms with Gasteiger partial charge >= 0.3 is 0 Å². The molecule has 0 amide bonds. The number of aromatic nitrogens is 2. The first kappa shape index (κ1) is 22.4. The van der Waals surface area contributed by atoms with E-state index in [2.05, 4.69) is 31.2 Å². The lowest BCUT2D eigenvalue weighted by molar-refractivity contribution is 0.326. The monoisotopic (exact) mass is 523 g/mol. The number of nitrogens with one attached hydrogen (secondary N) is 1. The van der Waals surface area contributed by atoms with Crippen LogP contribution in [0.15, 0.2) is 50.8 Å². The van der Waals surface area contributed by atoms with Crippen LogP contribution in [-0.4, -0.2) is 43.7 Å². The molecule has 2 atom stereocenters. The topological polar surface area (TPSA) is 93.2 Å². The second-order valence-corrected chi connectivity index (χ2v) is 10.5. The number of halogens is 2. The van der Waals surface area contributed by atoms with Crippen LogP contribution in [0.3, 0.4) is 0 Å². The van der Waals surface area contributed by atoms with Crippen LogP contribution >= 0.6 is 27.5 Å². The van der Waals surface area contributed by atoms with E-state index in [-0.39, 0.29) is 11.6 Å². The maximum absolute atomic E-state index is 13.1. The zero-order chi connectivity index (χ0) is 22.1. The normalized spacial score (nSPS) is 17.9. The van der Waals surface area contributed by atoms with Gasteiger partial charge in [0.1, 0.15) is 6.33 Å². The highest BCUT2D eigenvalue weighted by Gasteiger charge is 2.20. The number of nitrogens with two attached hydrogens (primary N) is 1. The average Bonchev–Trinajstić information content (AvgIpc) is 3.15. The van der Waals surface area contributed by atoms with Crippen molar-refractivity contribution < 1.29 is 4.21 Å². The number of hydrogen-bond donors (Lipinski definition) is 2. The van der Waals surface area contributed by atoms with E-state index in [1.165, 1.54) is 11.0 Å². The van der Waals surface area contributed by atoms with Crippen molar-refractivity contribution in [1.82, 2.24) is 14.6 Å². The Bertz CT molecular complexity index is 1220. The zero-order valence-electron chi connectivity index (χ0n) is 17.0. The maximum Gasteiger partial charge on any atom is 0.280 e. The highest BCUT2D eigenvalue weighted by Crippen LogP contribution is 2.26. The standard InChI is InChI=1S/C21H23BrClN5O2S/c1-2-31(30)20-4-3-14(23)8-19(20)26-28-12-25-18-7-13(10-27-6-5-15(24)11-27)17(22)9-16(18)21(28)29/h3-4,7-9,12,15,26H,2,5-6,10-11,24H2,1H3. The number of benzene rings is 2. The van der Waals surface area contributed by atoms with Gasteiger partial charge < -0.3 is 5.73 Å². The van der Waals surface area contributed by atoms with Gasteiger partial charge in [0.05, 0.1) is 32.3 Å². The van der Waals surface area contributed by atoms with Gasteiger partial charge in [-0.3, -0.25) is 19.3 Å². The third kappa shape index (κ3) is 4.85. The predicted octanol–water partition coefficient (Wildman–Crippen LogP) is 3.35. The van der Waals surface area contributed by atoms with Crippen LogP contribution in [0.2, 0.25) is 5.02 Å². The minimum atomic E-state index is -1.21. The third-order valence-corrected chi connectivity index (χ3v) is 7.66. The Morgan fingerprint density at radius 1 is 1.35 bits per heavy atom. The van der Waals surface area contributed by atoms with Gasteiger partial charge in [0, 0.05) is 40.9 Å². The molecule has 0 aliphatic carbocycles. The molecule has 4 rings (SSSR count). The molecule has 3 aromatic rings. The Kier molecular flexibility index (Phi) is 6.78. The van der Waals surface area contributed by atoms with Crippen molar-refractivity contribution in [3.05, 3.63) is 62.1 Å². The molecule has 2 aromatic carbocycles. The summed E-state index contributed by atoms with van der Waals surface area (Å²) >= 11 is 9.73. The number of fused-ring (bicyclic) bond motifs is 1. The first-order chi connectivity index (χ1) is 14.9. The molecule has 0 radical (unpaired) electrons. The van der Waals surface area contributed by atoms with Crippen molar-refractivity contribution >= 4 is 54.9 Å². The van der Waals surface area contributed by atoms with Crippen LogP contribution in [0, 0.1) is 0 Å². The van der Waals surface area contributed by atoms with Crippen LogP contribution in [0.25, 0.3) is 10.9 Å². The van der Waals surface area contributed by atoms with Crippen LogP contribution in [-0.2, 0) is 17.3 Å². The van der Waals surface area contributed by atoms with Crippen molar-refractivity contribution in [2.45, 2.75) is 30.8 Å². The first-order valence-electron chi connectivity index (χ1n) is 9.98. The van der Waals surface area contributed by atoms with E-state index in [1.54, 1.807) is 24.3 Å². The van der Waals surface area contributed by atoms with Crippen LogP contribution in [0.4, 0.5) is 5.69 Å². The van der Waals surface area contributed by atoms with Gasteiger partial charge in [0.25, 0.3) is 5.56 Å². The van der Waals surface area contributed by atoms with Gasteiger partial charge in [-0.1, -0.05) is 34.5 Å². The molecule has 10 heteroatoms. The Labute approximate surface area is 196 Å². The molecule has 1 aliphatic rings. The summed E-state index contributed by atoms with van der Waals surface area (Å²) in [4.78, 5) is 20.5. The average molecular weight is 525 g/mol. The van der Waals surface area contributed by atoms with Crippen LogP contribution in [0.1, 0.15) is 18.9 Å². The molecule has 1 aromatic heterocycles. The van der Waals surface area contributed by atoms with Gasteiger partial charge in [-0.05, 0) is 42.3 Å². The van der Waals surface area contributed by atoms with Crippen molar-refractivity contribution in [2.75, 3.05) is 24.3 Å². The summed E-state index contributed by atoms with van der Waals surface area (Å²) in [5.41, 5.74) is 11.0. The summed E-state index contributed by atoms with van der Waals surface area (Å²) in [7, 11) is -1.21. The van der Waals surface area contributed by atoms with Crippen molar-refractivity contribution in [1.29, 1.82) is 0 Å². The summed E-state index contributed by atoms with van der Waals surface area (Å²) in [5.74, 6) is 0.457. The Morgan fingerprint density at radius 3 is 2.87 bits per heavy atom. The summed E-state index contributed by atoms with van der Waals surface area (Å²) in [6.45, 7) is 4.42. The van der Waals surface area contributed by atoms with E-state index in [9.17, 15) is 9.00 Å². The fraction of sp³-hybridized carbons (Fsp3) is 0.333. The molecule has 2 unspecified atom stereocenters. The number of rotatable bonds is 6. The first-order valence-corrected chi connectivity index (χ1v) is 12.5. The largest absolute Gasteiger partial charge is 0.326 e. The highest BCUT2D eigenvalue weighted by atomic mass is 79.9. The van der Waals surface area contributed by atoms with E-state index < -0.39 is 10.8 Å². The molecule has 0 spiro atoms. The van der Waals surface area contributed by atoms with E-state index in [0.717, 1.165) is 36.1 Å². The summed E-state index contributed by atoms with van der Waals surface area (Å²) in [6, 6.07) is 9.00. The minimum absolute atomic E-state index is 0.217. The van der Waals surface area contributed by atoms with Gasteiger partial charge in [-0.2, -0.15) is 0 Å². The summed E-state index contributed by atoms with van der Waals surface area (Å²) < 4.78 is 14.5. The van der Waals surface area contributed by atoms with Gasteiger partial charge in [0.2, 0.25) is 0 Å². The van der Waals surface area contributed by atoms with E-state index in [4.69, 9.17) is 17.3 Å². The lowest BCUT2D eigenvalue weighted by atomic mass is 10.1. The second-order valence-electron chi connectivity index (χ2n) is 7.55. The summed E-state index contributed by atoms with van der Waals surface area (Å²) in [6.07, 6.45) is 2.43. The molecule has 1 saturated heterocycles. The van der Waals surface area contributed by atoms with Gasteiger partial charge in [-0.15, -0.1) is 0 Å². The van der Waals surface area contributed by atoms with Crippen molar-refractivity contribution in [3.63, 3.8) is 0 Å². The smallest absolute Gasteiger partial charge is 0.280 e. The fourth-order valence-corrected chi connectivity index (χ4v) is 5.23. The highest BCUT2D eigenvalue weighted by molar-refractivity contribution is 9.10. The van der Waals surface area contributed by atoms with E-state index >= 15 is 0 Å². The molecule has 7 nitrogen and oxygen atoms in total. The molecule has 31 heavy (non-hydrogen) atoms. The van der Waals surface area contributed by atoms with Crippen LogP contribution in [0.5, 0.6) is 0 Å². The van der Waals surface area contributed by atoms with Gasteiger partial charge in [-0.25, -0.2) is 9.66 Å². The predicted molar refractivity (Wildman–Crippen MR) is 129 cm³/mol. The zero-order valence-corrected chi connectivity index (χ0v) is 20.1. The SMILES string of the molecule is CCS(=O)c1ccc(Cl)cc1Nn1cnc2cc(CN3CCC(N)C3)c(Br)cc2c1=O. The summed E-state index contributed by atoms with van der Waals surface area (Å²) in [5, 5.41) is 0.958. The maximum atomic E-state index is 13.1. The Balaban J connectivity index is 1.68. The number of anilines is 1. The van der Waals surface area contributed by atoms with Crippen molar-refractivity contribution in [2.24, 2.45) is 5.73 Å². The van der Waals surface area contributed by atoms with E-state index in [1.807, 2.05) is 13.0 Å². The van der Waals surface area contributed by atoms with Crippen LogP contribution < -0.4 is 16.7 Å². The second kappa shape index (κ2) is 9.38. The number of hydrogen-bond acceptors (Lipinski definition) is 6. The molecule has 1 aliphatic heterocycles. The van der Waals surface area contributed by atoms with Gasteiger partial charge in [0.15, 0.2) is 0 Å². The Morgan fingerprint density at radius 2 is 2.16 bits per heavy atom. The van der Waals surface area contributed by atoms with E-state index in [0.29, 0.717) is 32.3 Å².